The average Bonchev–Trinajstić information content (AvgIpc) is 2.78. The van der Waals surface area contributed by atoms with E-state index in [9.17, 15) is 9.18 Å². The summed E-state index contributed by atoms with van der Waals surface area (Å²) in [4.78, 5) is 16.1. The van der Waals surface area contributed by atoms with E-state index in [1.165, 1.54) is 12.1 Å². The van der Waals surface area contributed by atoms with Crippen molar-refractivity contribution in [3.8, 4) is 11.5 Å². The van der Waals surface area contributed by atoms with Crippen molar-refractivity contribution >= 4 is 35.8 Å². The van der Waals surface area contributed by atoms with Crippen molar-refractivity contribution in [1.82, 2.24) is 10.6 Å². The van der Waals surface area contributed by atoms with Gasteiger partial charge in [-0.05, 0) is 62.1 Å². The normalized spacial score (nSPS) is 11.8. The van der Waals surface area contributed by atoms with Crippen LogP contribution in [-0.2, 0) is 17.6 Å². The quantitative estimate of drug-likeness (QED) is 0.206. The van der Waals surface area contributed by atoms with E-state index in [1.807, 2.05) is 32.0 Å². The van der Waals surface area contributed by atoms with E-state index in [0.29, 0.717) is 38.7 Å². The molecule has 182 valence electrons. The molecule has 1 amide bonds. The van der Waals surface area contributed by atoms with E-state index >= 15 is 0 Å². The van der Waals surface area contributed by atoms with Crippen molar-refractivity contribution in [2.24, 2.45) is 16.6 Å². The predicted octanol–water partition coefficient (Wildman–Crippen LogP) is 3.29. The molecule has 33 heavy (non-hydrogen) atoms. The highest BCUT2D eigenvalue weighted by molar-refractivity contribution is 14.0. The Bertz CT molecular complexity index is 894. The molecule has 2 aromatic carbocycles. The summed E-state index contributed by atoms with van der Waals surface area (Å²) in [6.07, 6.45) is 1.17. The number of carbonyl (C=O) groups excluding carboxylic acids is 1. The number of primary amides is 1. The number of benzene rings is 2. The molecule has 0 radical (unpaired) electrons. The van der Waals surface area contributed by atoms with Gasteiger partial charge < -0.3 is 25.8 Å². The van der Waals surface area contributed by atoms with E-state index in [2.05, 4.69) is 15.6 Å². The number of guanidine groups is 1. The Morgan fingerprint density at radius 1 is 1.03 bits per heavy atom. The summed E-state index contributed by atoms with van der Waals surface area (Å²) >= 11 is 0. The smallest absolute Gasteiger partial charge is 0.222 e. The molecule has 0 heterocycles. The van der Waals surface area contributed by atoms with Crippen LogP contribution in [-0.4, -0.2) is 45.2 Å². The minimum absolute atomic E-state index is 0. The zero-order valence-electron chi connectivity index (χ0n) is 19.4. The second kappa shape index (κ2) is 15.3. The minimum atomic E-state index is -0.445. The molecule has 0 saturated heterocycles. The van der Waals surface area contributed by atoms with Crippen LogP contribution in [0.4, 0.5) is 4.39 Å². The van der Waals surface area contributed by atoms with E-state index < -0.39 is 11.8 Å². The molecule has 2 aromatic rings. The van der Waals surface area contributed by atoms with Crippen molar-refractivity contribution in [3.63, 3.8) is 0 Å². The second-order valence-electron chi connectivity index (χ2n) is 7.21. The third kappa shape index (κ3) is 9.85. The van der Waals surface area contributed by atoms with Gasteiger partial charge in [0.25, 0.3) is 0 Å². The largest absolute Gasteiger partial charge is 0.490 e. The Hall–Kier alpha value is -2.56. The first-order valence-corrected chi connectivity index (χ1v) is 10.8. The van der Waals surface area contributed by atoms with Gasteiger partial charge in [-0.2, -0.15) is 0 Å². The summed E-state index contributed by atoms with van der Waals surface area (Å²) in [5.74, 6) is 0.870. The average molecular weight is 572 g/mol. The van der Waals surface area contributed by atoms with Gasteiger partial charge in [0.1, 0.15) is 5.82 Å². The molecule has 0 spiro atoms. The maximum Gasteiger partial charge on any atom is 0.222 e. The van der Waals surface area contributed by atoms with Crippen molar-refractivity contribution < 1.29 is 18.7 Å². The van der Waals surface area contributed by atoms with Crippen LogP contribution in [0.5, 0.6) is 11.5 Å². The fraction of sp³-hybridized carbons (Fsp3) is 0.417. The van der Waals surface area contributed by atoms with Gasteiger partial charge in [-0.3, -0.25) is 9.79 Å². The Labute approximate surface area is 212 Å². The lowest BCUT2D eigenvalue weighted by atomic mass is 9.98. The number of halogens is 2. The Balaban J connectivity index is 0.00000544. The maximum absolute atomic E-state index is 13.1. The van der Waals surface area contributed by atoms with E-state index in [4.69, 9.17) is 15.2 Å². The van der Waals surface area contributed by atoms with Gasteiger partial charge >= 0.3 is 0 Å². The lowest BCUT2D eigenvalue weighted by molar-refractivity contribution is -0.121. The van der Waals surface area contributed by atoms with Gasteiger partial charge in [-0.1, -0.05) is 18.2 Å². The second-order valence-corrected chi connectivity index (χ2v) is 7.21. The van der Waals surface area contributed by atoms with Gasteiger partial charge in [0.15, 0.2) is 17.5 Å². The summed E-state index contributed by atoms with van der Waals surface area (Å²) in [7, 11) is 1.67. The molecule has 0 bridgehead atoms. The summed E-state index contributed by atoms with van der Waals surface area (Å²) < 4.78 is 24.4. The molecule has 7 nitrogen and oxygen atoms in total. The molecule has 9 heteroatoms. The Kier molecular flexibility index (Phi) is 13.2. The van der Waals surface area contributed by atoms with Gasteiger partial charge in [0.2, 0.25) is 5.91 Å². The first-order chi connectivity index (χ1) is 15.5. The number of ether oxygens (including phenoxy) is 2. The molecule has 0 aromatic heterocycles. The van der Waals surface area contributed by atoms with Crippen molar-refractivity contribution in [2.75, 3.05) is 33.4 Å². The van der Waals surface area contributed by atoms with Crippen molar-refractivity contribution in [1.29, 1.82) is 0 Å². The molecule has 1 atom stereocenters. The Morgan fingerprint density at radius 3 is 2.27 bits per heavy atom. The van der Waals surface area contributed by atoms with Crippen LogP contribution in [0, 0.1) is 11.7 Å². The van der Waals surface area contributed by atoms with Crippen LogP contribution in [0.3, 0.4) is 0 Å². The molecule has 0 fully saturated rings. The highest BCUT2D eigenvalue weighted by Gasteiger charge is 2.17. The molecule has 0 aliphatic rings. The number of nitrogens with two attached hydrogens (primary N) is 1. The number of nitrogens with one attached hydrogen (secondary N) is 2. The molecule has 0 aliphatic carbocycles. The number of hydrogen-bond acceptors (Lipinski definition) is 4. The summed E-state index contributed by atoms with van der Waals surface area (Å²) in [6.45, 7) is 5.99. The number of nitrogens with zero attached hydrogens (tertiary/aromatic N) is 1. The lowest BCUT2D eigenvalue weighted by Crippen LogP contribution is -2.43. The standard InChI is InChI=1S/C24H33FN4O3.HI/c1-4-31-21-11-8-18(15-22(21)32-5-2)12-13-28-24(27-3)29-16-19(23(26)30)14-17-6-9-20(25)10-7-17;/h6-11,15,19H,4-5,12-14,16H2,1-3H3,(H2,26,30)(H2,27,28,29);1H. The molecular formula is C24H34FIN4O3. The zero-order chi connectivity index (χ0) is 23.3. The van der Waals surface area contributed by atoms with Crippen LogP contribution < -0.4 is 25.8 Å². The monoisotopic (exact) mass is 572 g/mol. The molecule has 2 rings (SSSR count). The zero-order valence-corrected chi connectivity index (χ0v) is 21.7. The highest BCUT2D eigenvalue weighted by atomic mass is 127. The third-order valence-corrected chi connectivity index (χ3v) is 4.85. The van der Waals surface area contributed by atoms with Gasteiger partial charge in [0.05, 0.1) is 19.1 Å². The minimum Gasteiger partial charge on any atom is -0.490 e. The van der Waals surface area contributed by atoms with Gasteiger partial charge in [0, 0.05) is 20.1 Å². The van der Waals surface area contributed by atoms with Crippen LogP contribution in [0.2, 0.25) is 0 Å². The maximum atomic E-state index is 13.1. The number of rotatable bonds is 12. The topological polar surface area (TPSA) is 98.0 Å². The SMILES string of the molecule is CCOc1ccc(CCNC(=NC)NCC(Cc2ccc(F)cc2)C(N)=O)cc1OCC.I. The van der Waals surface area contributed by atoms with Crippen molar-refractivity contribution in [2.45, 2.75) is 26.7 Å². The van der Waals surface area contributed by atoms with Gasteiger partial charge in [-0.15, -0.1) is 24.0 Å². The number of hydrogen-bond donors (Lipinski definition) is 3. The molecule has 0 saturated carbocycles. The van der Waals surface area contributed by atoms with E-state index in [1.54, 1.807) is 19.2 Å². The molecular weight excluding hydrogens is 538 g/mol. The number of aliphatic imine (C=N–C) groups is 1. The molecule has 0 aliphatic heterocycles. The fourth-order valence-electron chi connectivity index (χ4n) is 3.20. The van der Waals surface area contributed by atoms with Crippen LogP contribution in [0.15, 0.2) is 47.5 Å². The van der Waals surface area contributed by atoms with E-state index in [-0.39, 0.29) is 29.8 Å². The molecule has 4 N–H and O–H groups in total. The number of carbonyl (C=O) groups is 1. The first kappa shape index (κ1) is 28.5. The lowest BCUT2D eigenvalue weighted by Gasteiger charge is -2.17. The van der Waals surface area contributed by atoms with E-state index in [0.717, 1.165) is 29.0 Å². The molecule has 1 unspecified atom stereocenters. The highest BCUT2D eigenvalue weighted by Crippen LogP contribution is 2.28. The van der Waals surface area contributed by atoms with Crippen molar-refractivity contribution in [3.05, 3.63) is 59.4 Å². The van der Waals surface area contributed by atoms with Crippen LogP contribution >= 0.6 is 24.0 Å². The summed E-state index contributed by atoms with van der Waals surface area (Å²) in [5.41, 5.74) is 7.51. The third-order valence-electron chi connectivity index (χ3n) is 4.85. The fourth-order valence-corrected chi connectivity index (χ4v) is 3.20. The Morgan fingerprint density at radius 2 is 1.67 bits per heavy atom. The number of amides is 1. The summed E-state index contributed by atoms with van der Waals surface area (Å²) in [6, 6.07) is 12.0. The first-order valence-electron chi connectivity index (χ1n) is 10.8. The predicted molar refractivity (Wildman–Crippen MR) is 140 cm³/mol. The van der Waals surface area contributed by atoms with Crippen LogP contribution in [0.25, 0.3) is 0 Å². The van der Waals surface area contributed by atoms with Crippen LogP contribution in [0.1, 0.15) is 25.0 Å². The van der Waals surface area contributed by atoms with Gasteiger partial charge in [-0.25, -0.2) is 4.39 Å². The summed E-state index contributed by atoms with van der Waals surface area (Å²) in [5, 5.41) is 6.39.